The van der Waals surface area contributed by atoms with Crippen LogP contribution in [0.2, 0.25) is 0 Å². The molecule has 0 aromatic rings. The maximum absolute atomic E-state index is 12.1. The number of nitrogens with one attached hydrogen (secondary N) is 1. The van der Waals surface area contributed by atoms with E-state index in [9.17, 15) is 15.0 Å². The minimum atomic E-state index is -0.864. The van der Waals surface area contributed by atoms with Gasteiger partial charge in [-0.1, -0.05) is 172 Å². The van der Waals surface area contributed by atoms with Crippen molar-refractivity contribution in [1.29, 1.82) is 0 Å². The summed E-state index contributed by atoms with van der Waals surface area (Å²) in [5.74, 6) is -0.0891. The zero-order valence-electron chi connectivity index (χ0n) is 28.7. The second-order valence-corrected chi connectivity index (χ2v) is 12.6. The van der Waals surface area contributed by atoms with E-state index in [0.29, 0.717) is 6.42 Å². The molecule has 2 atom stereocenters. The van der Waals surface area contributed by atoms with Gasteiger partial charge in [-0.15, -0.1) is 0 Å². The zero-order chi connectivity index (χ0) is 31.5. The molecule has 0 aliphatic rings. The highest BCUT2D eigenvalue weighted by Gasteiger charge is 2.17. The number of aliphatic hydroxyl groups is 2. The van der Waals surface area contributed by atoms with E-state index in [1.807, 2.05) is 6.08 Å². The summed E-state index contributed by atoms with van der Waals surface area (Å²) in [5, 5.41) is 22.7. The predicted molar refractivity (Wildman–Crippen MR) is 188 cm³/mol. The van der Waals surface area contributed by atoms with E-state index >= 15 is 0 Å². The Morgan fingerprint density at radius 3 is 1.35 bits per heavy atom. The van der Waals surface area contributed by atoms with Crippen molar-refractivity contribution >= 4 is 5.91 Å². The van der Waals surface area contributed by atoms with Crippen molar-refractivity contribution in [2.45, 2.75) is 199 Å². The minimum absolute atomic E-state index is 0.0891. The van der Waals surface area contributed by atoms with E-state index in [4.69, 9.17) is 0 Å². The van der Waals surface area contributed by atoms with Gasteiger partial charge in [-0.25, -0.2) is 0 Å². The van der Waals surface area contributed by atoms with Gasteiger partial charge in [0.15, 0.2) is 0 Å². The normalized spacial score (nSPS) is 13.5. The maximum atomic E-state index is 12.1. The number of carbonyl (C=O) groups excluding carboxylic acids is 1. The fraction of sp³-hybridized carbons (Fsp3) is 0.821. The monoisotopic (exact) mass is 604 g/mol. The Kier molecular flexibility index (Phi) is 34.0. The predicted octanol–water partition coefficient (Wildman–Crippen LogP) is 11.1. The topological polar surface area (TPSA) is 69.6 Å². The van der Waals surface area contributed by atoms with Gasteiger partial charge >= 0.3 is 0 Å². The van der Waals surface area contributed by atoms with E-state index in [1.54, 1.807) is 6.08 Å². The van der Waals surface area contributed by atoms with Gasteiger partial charge in [0.05, 0.1) is 18.8 Å². The molecule has 0 bridgehead atoms. The lowest BCUT2D eigenvalue weighted by molar-refractivity contribution is -0.123. The van der Waals surface area contributed by atoms with Gasteiger partial charge in [0.25, 0.3) is 0 Å². The van der Waals surface area contributed by atoms with Crippen molar-refractivity contribution in [1.82, 2.24) is 5.32 Å². The number of rotatable bonds is 33. The Morgan fingerprint density at radius 1 is 0.535 bits per heavy atom. The molecule has 1 amide bonds. The highest BCUT2D eigenvalue weighted by Crippen LogP contribution is 2.14. The van der Waals surface area contributed by atoms with Gasteiger partial charge in [0, 0.05) is 6.42 Å². The van der Waals surface area contributed by atoms with Crippen molar-refractivity contribution in [3.8, 4) is 0 Å². The average molecular weight is 604 g/mol. The lowest BCUT2D eigenvalue weighted by Gasteiger charge is -2.19. The van der Waals surface area contributed by atoms with Crippen LogP contribution in [0, 0.1) is 0 Å². The molecule has 252 valence electrons. The Morgan fingerprint density at radius 2 is 0.907 bits per heavy atom. The molecule has 0 aromatic heterocycles. The van der Waals surface area contributed by atoms with E-state index in [1.165, 1.54) is 128 Å². The summed E-state index contributed by atoms with van der Waals surface area (Å²) in [6, 6.07) is -0.638. The summed E-state index contributed by atoms with van der Waals surface area (Å²) in [4.78, 5) is 12.1. The summed E-state index contributed by atoms with van der Waals surface area (Å²) in [7, 11) is 0. The van der Waals surface area contributed by atoms with Crippen LogP contribution in [-0.4, -0.2) is 34.9 Å². The van der Waals surface area contributed by atoms with Crippen molar-refractivity contribution in [3.63, 3.8) is 0 Å². The number of carbonyl (C=O) groups is 1. The van der Waals surface area contributed by atoms with Crippen LogP contribution in [0.3, 0.4) is 0 Å². The van der Waals surface area contributed by atoms with Crippen LogP contribution in [-0.2, 0) is 4.79 Å². The molecule has 0 fully saturated rings. The highest BCUT2D eigenvalue weighted by atomic mass is 16.3. The molecule has 3 N–H and O–H groups in total. The summed E-state index contributed by atoms with van der Waals surface area (Å²) >= 11 is 0. The maximum Gasteiger partial charge on any atom is 0.220 e. The molecule has 4 heteroatoms. The molecule has 0 aliphatic carbocycles. The van der Waals surface area contributed by atoms with Crippen LogP contribution in [0.5, 0.6) is 0 Å². The molecule has 0 aromatic carbocycles. The lowest BCUT2D eigenvalue weighted by Crippen LogP contribution is -2.45. The van der Waals surface area contributed by atoms with Crippen LogP contribution >= 0.6 is 0 Å². The van der Waals surface area contributed by atoms with Crippen molar-refractivity contribution in [2.24, 2.45) is 0 Å². The number of allylic oxidation sites excluding steroid dienone is 5. The second-order valence-electron chi connectivity index (χ2n) is 12.6. The second kappa shape index (κ2) is 35.1. The van der Waals surface area contributed by atoms with Gasteiger partial charge in [0.2, 0.25) is 5.91 Å². The minimum Gasteiger partial charge on any atom is -0.394 e. The van der Waals surface area contributed by atoms with Crippen LogP contribution in [0.1, 0.15) is 187 Å². The largest absolute Gasteiger partial charge is 0.394 e. The molecule has 0 spiro atoms. The molecular weight excluding hydrogens is 530 g/mol. The van der Waals surface area contributed by atoms with Crippen molar-refractivity contribution in [2.75, 3.05) is 6.61 Å². The number of aliphatic hydroxyl groups excluding tert-OH is 2. The lowest BCUT2D eigenvalue weighted by atomic mass is 10.0. The molecule has 43 heavy (non-hydrogen) atoms. The fourth-order valence-electron chi connectivity index (χ4n) is 5.44. The van der Waals surface area contributed by atoms with E-state index in [2.05, 4.69) is 43.5 Å². The molecule has 0 aliphatic heterocycles. The Labute approximate surface area is 268 Å². The molecule has 0 heterocycles. The molecule has 2 unspecified atom stereocenters. The third kappa shape index (κ3) is 31.8. The zero-order valence-corrected chi connectivity index (χ0v) is 28.7. The molecule has 0 radical (unpaired) electrons. The van der Waals surface area contributed by atoms with Gasteiger partial charge in [-0.3, -0.25) is 4.79 Å². The van der Waals surface area contributed by atoms with Crippen LogP contribution in [0.25, 0.3) is 0 Å². The standard InChI is InChI=1S/C39H73NO3/c1-3-5-7-9-11-12-13-14-15-16-17-18-19-20-21-22-23-24-25-26-27-28-29-30-32-34-38(42)37(36-41)40-39(43)35-33-31-10-8-6-4-2/h23-24,27-28,32,34,37-38,41-42H,3-22,25-26,29-31,33,35-36H2,1-2H3,(H,40,43)/b24-23+,28-27+,34-32+. The van der Waals surface area contributed by atoms with E-state index in [-0.39, 0.29) is 12.5 Å². The molecule has 0 saturated carbocycles. The number of hydrogen-bond donors (Lipinski definition) is 3. The third-order valence-corrected chi connectivity index (χ3v) is 8.35. The van der Waals surface area contributed by atoms with Gasteiger partial charge in [0.1, 0.15) is 0 Å². The first-order valence-corrected chi connectivity index (χ1v) is 18.7. The smallest absolute Gasteiger partial charge is 0.220 e. The summed E-state index contributed by atoms with van der Waals surface area (Å²) in [6.07, 6.45) is 45.5. The molecule has 0 rings (SSSR count). The summed E-state index contributed by atoms with van der Waals surface area (Å²) < 4.78 is 0. The third-order valence-electron chi connectivity index (χ3n) is 8.35. The van der Waals surface area contributed by atoms with Gasteiger partial charge in [-0.05, 0) is 44.9 Å². The number of hydrogen-bond acceptors (Lipinski definition) is 3. The fourth-order valence-corrected chi connectivity index (χ4v) is 5.44. The van der Waals surface area contributed by atoms with Crippen LogP contribution in [0.4, 0.5) is 0 Å². The quantitative estimate of drug-likeness (QED) is 0.0516. The van der Waals surface area contributed by atoms with Gasteiger partial charge in [-0.2, -0.15) is 0 Å². The number of amides is 1. The van der Waals surface area contributed by atoms with Crippen LogP contribution in [0.15, 0.2) is 36.5 Å². The Hall–Kier alpha value is -1.39. The van der Waals surface area contributed by atoms with E-state index < -0.39 is 12.1 Å². The van der Waals surface area contributed by atoms with Crippen LogP contribution < -0.4 is 5.32 Å². The molecular formula is C39H73NO3. The van der Waals surface area contributed by atoms with E-state index in [0.717, 1.165) is 38.5 Å². The highest BCUT2D eigenvalue weighted by molar-refractivity contribution is 5.76. The first-order chi connectivity index (χ1) is 21.2. The average Bonchev–Trinajstić information content (AvgIpc) is 3.01. The summed E-state index contributed by atoms with van der Waals surface area (Å²) in [6.45, 7) is 4.22. The van der Waals surface area contributed by atoms with Crippen molar-refractivity contribution in [3.05, 3.63) is 36.5 Å². The molecule has 0 saturated heterocycles. The Balaban J connectivity index is 3.58. The molecule has 4 nitrogen and oxygen atoms in total. The summed E-state index contributed by atoms with van der Waals surface area (Å²) in [5.41, 5.74) is 0. The SMILES string of the molecule is CCCCCCCCCCCCCCCCC/C=C/CC/C=C/CC/C=C/C(O)C(CO)NC(=O)CCCCCCCC. The van der Waals surface area contributed by atoms with Gasteiger partial charge < -0.3 is 15.5 Å². The first kappa shape index (κ1) is 41.6. The first-order valence-electron chi connectivity index (χ1n) is 18.7. The van der Waals surface area contributed by atoms with Crippen molar-refractivity contribution < 1.29 is 15.0 Å². The number of unbranched alkanes of at least 4 members (excludes halogenated alkanes) is 22. The Bertz CT molecular complexity index is 657.